The van der Waals surface area contributed by atoms with Crippen LogP contribution in [0.15, 0.2) is 0 Å². The van der Waals surface area contributed by atoms with E-state index < -0.39 is 10.7 Å². The molecule has 15 heavy (non-hydrogen) atoms. The number of hydrogen-bond acceptors (Lipinski definition) is 2. The van der Waals surface area contributed by atoms with Gasteiger partial charge in [0, 0.05) is 0 Å². The van der Waals surface area contributed by atoms with Gasteiger partial charge in [0.05, 0.1) is 0 Å². The lowest BCUT2D eigenvalue weighted by Crippen LogP contribution is -2.39. The van der Waals surface area contributed by atoms with Gasteiger partial charge < -0.3 is 5.11 Å². The van der Waals surface area contributed by atoms with Crippen LogP contribution < -0.4 is 0 Å². The minimum atomic E-state index is -0.597. The highest BCUT2D eigenvalue weighted by Crippen LogP contribution is 2.42. The zero-order valence-corrected chi connectivity index (χ0v) is 10.8. The fraction of sp³-hybridized carbons (Fsp3) is 0.917. The van der Waals surface area contributed by atoms with Crippen molar-refractivity contribution in [1.29, 1.82) is 0 Å². The molecular formula is C12H22O2S. The lowest BCUT2D eigenvalue weighted by atomic mass is 9.82. The molecule has 1 aliphatic carbocycles. The molecule has 0 radical (unpaired) electrons. The predicted octanol–water partition coefficient (Wildman–Crippen LogP) is 3.41. The molecule has 1 rings (SSSR count). The third-order valence-corrected chi connectivity index (χ3v) is 5.13. The first-order valence-electron chi connectivity index (χ1n) is 5.83. The van der Waals surface area contributed by atoms with Crippen LogP contribution in [0.5, 0.6) is 0 Å². The summed E-state index contributed by atoms with van der Waals surface area (Å²) in [5, 5.41) is 9.37. The van der Waals surface area contributed by atoms with E-state index in [1.807, 2.05) is 0 Å². The molecule has 1 aliphatic rings. The van der Waals surface area contributed by atoms with Gasteiger partial charge in [0.15, 0.2) is 0 Å². The molecule has 88 valence electrons. The Morgan fingerprint density at radius 2 is 2.00 bits per heavy atom. The van der Waals surface area contributed by atoms with Crippen LogP contribution in [0, 0.1) is 11.8 Å². The van der Waals surface area contributed by atoms with Gasteiger partial charge in [-0.05, 0) is 43.3 Å². The third kappa shape index (κ3) is 3.40. The van der Waals surface area contributed by atoms with Crippen LogP contribution in [0.1, 0.15) is 46.5 Å². The zero-order chi connectivity index (χ0) is 11.5. The van der Waals surface area contributed by atoms with Crippen molar-refractivity contribution in [2.45, 2.75) is 51.2 Å². The quantitative estimate of drug-likeness (QED) is 0.804. The van der Waals surface area contributed by atoms with E-state index in [0.29, 0.717) is 11.8 Å². The molecule has 1 fully saturated rings. The lowest BCUT2D eigenvalue weighted by Gasteiger charge is -2.35. The van der Waals surface area contributed by atoms with Crippen molar-refractivity contribution in [1.82, 2.24) is 0 Å². The van der Waals surface area contributed by atoms with Gasteiger partial charge >= 0.3 is 5.97 Å². The SMILES string of the molecule is CC(C)CSC1(C(=O)O)CCC(C)CC1. The van der Waals surface area contributed by atoms with Crippen LogP contribution in [0.4, 0.5) is 0 Å². The Labute approximate surface area is 96.8 Å². The first-order valence-corrected chi connectivity index (χ1v) is 6.82. The molecule has 1 N–H and O–H groups in total. The minimum Gasteiger partial charge on any atom is -0.480 e. The van der Waals surface area contributed by atoms with Gasteiger partial charge in [-0.3, -0.25) is 4.79 Å². The van der Waals surface area contributed by atoms with Crippen LogP contribution in [-0.4, -0.2) is 21.6 Å². The molecule has 2 nitrogen and oxygen atoms in total. The minimum absolute atomic E-state index is 0.475. The standard InChI is InChI=1S/C12H22O2S/c1-9(2)8-15-12(11(13)14)6-4-10(3)5-7-12/h9-10H,4-8H2,1-3H3,(H,13,14). The van der Waals surface area contributed by atoms with Crippen molar-refractivity contribution in [2.24, 2.45) is 11.8 Å². The molecular weight excluding hydrogens is 208 g/mol. The van der Waals surface area contributed by atoms with E-state index in [9.17, 15) is 9.90 Å². The van der Waals surface area contributed by atoms with Crippen LogP contribution in [0.3, 0.4) is 0 Å². The van der Waals surface area contributed by atoms with Crippen molar-refractivity contribution < 1.29 is 9.90 Å². The van der Waals surface area contributed by atoms with Crippen LogP contribution in [0.25, 0.3) is 0 Å². The number of rotatable bonds is 4. The Morgan fingerprint density at radius 3 is 2.40 bits per heavy atom. The average molecular weight is 230 g/mol. The van der Waals surface area contributed by atoms with Crippen LogP contribution in [-0.2, 0) is 4.79 Å². The Kier molecular flexibility index (Phi) is 4.50. The van der Waals surface area contributed by atoms with E-state index in [-0.39, 0.29) is 0 Å². The van der Waals surface area contributed by atoms with Gasteiger partial charge in [-0.25, -0.2) is 0 Å². The third-order valence-electron chi connectivity index (χ3n) is 3.16. The molecule has 0 atom stereocenters. The molecule has 0 saturated heterocycles. The molecule has 0 heterocycles. The monoisotopic (exact) mass is 230 g/mol. The summed E-state index contributed by atoms with van der Waals surface area (Å²) in [6.45, 7) is 6.51. The summed E-state index contributed by atoms with van der Waals surface area (Å²) >= 11 is 1.66. The normalized spacial score (nSPS) is 31.9. The number of hydrogen-bond donors (Lipinski definition) is 1. The van der Waals surface area contributed by atoms with E-state index >= 15 is 0 Å². The van der Waals surface area contributed by atoms with Crippen LogP contribution in [0.2, 0.25) is 0 Å². The first kappa shape index (κ1) is 12.9. The van der Waals surface area contributed by atoms with E-state index in [0.717, 1.165) is 31.4 Å². The fourth-order valence-corrected chi connectivity index (χ4v) is 3.27. The maximum atomic E-state index is 11.4. The summed E-state index contributed by atoms with van der Waals surface area (Å²) in [5.41, 5.74) is 0. The molecule has 0 unspecified atom stereocenters. The first-order chi connectivity index (χ1) is 6.96. The Hall–Kier alpha value is -0.180. The summed E-state index contributed by atoms with van der Waals surface area (Å²) in [7, 11) is 0. The molecule has 1 saturated carbocycles. The highest BCUT2D eigenvalue weighted by atomic mass is 32.2. The molecule has 3 heteroatoms. The number of aliphatic carboxylic acids is 1. The summed E-state index contributed by atoms with van der Waals surface area (Å²) in [4.78, 5) is 11.4. The van der Waals surface area contributed by atoms with Crippen molar-refractivity contribution in [2.75, 3.05) is 5.75 Å². The van der Waals surface area contributed by atoms with E-state index in [1.165, 1.54) is 0 Å². The second kappa shape index (κ2) is 5.24. The van der Waals surface area contributed by atoms with E-state index in [1.54, 1.807) is 11.8 Å². The highest BCUT2D eigenvalue weighted by Gasteiger charge is 2.41. The number of thioether (sulfide) groups is 1. The lowest BCUT2D eigenvalue weighted by molar-refractivity contribution is -0.141. The largest absolute Gasteiger partial charge is 0.480 e. The van der Waals surface area contributed by atoms with Gasteiger partial charge in [0.2, 0.25) is 0 Å². The Bertz CT molecular complexity index is 218. The van der Waals surface area contributed by atoms with E-state index in [2.05, 4.69) is 20.8 Å². The van der Waals surface area contributed by atoms with Gasteiger partial charge in [-0.2, -0.15) is 0 Å². The summed E-state index contributed by atoms with van der Waals surface area (Å²) in [5.74, 6) is 1.64. The number of carbonyl (C=O) groups is 1. The number of carboxylic acid groups (broad SMARTS) is 1. The van der Waals surface area contributed by atoms with Crippen LogP contribution >= 0.6 is 11.8 Å². The topological polar surface area (TPSA) is 37.3 Å². The molecule has 0 spiro atoms. The average Bonchev–Trinajstić information content (AvgIpc) is 2.17. The second-order valence-electron chi connectivity index (χ2n) is 5.19. The summed E-state index contributed by atoms with van der Waals surface area (Å²) in [6.07, 6.45) is 3.83. The van der Waals surface area contributed by atoms with Crippen molar-refractivity contribution in [3.63, 3.8) is 0 Å². The smallest absolute Gasteiger partial charge is 0.319 e. The molecule has 0 aromatic heterocycles. The predicted molar refractivity (Wildman–Crippen MR) is 65.3 cm³/mol. The molecule has 0 amide bonds. The van der Waals surface area contributed by atoms with Gasteiger partial charge in [0.25, 0.3) is 0 Å². The highest BCUT2D eigenvalue weighted by molar-refractivity contribution is 8.01. The van der Waals surface area contributed by atoms with Gasteiger partial charge in [-0.1, -0.05) is 20.8 Å². The Balaban J connectivity index is 2.59. The van der Waals surface area contributed by atoms with Crippen molar-refractivity contribution >= 4 is 17.7 Å². The van der Waals surface area contributed by atoms with Gasteiger partial charge in [-0.15, -0.1) is 11.8 Å². The molecule has 0 aromatic rings. The maximum absolute atomic E-state index is 11.4. The Morgan fingerprint density at radius 1 is 1.47 bits per heavy atom. The summed E-state index contributed by atoms with van der Waals surface area (Å²) < 4.78 is -0.475. The molecule has 0 aromatic carbocycles. The molecule has 0 aliphatic heterocycles. The second-order valence-corrected chi connectivity index (χ2v) is 6.59. The van der Waals surface area contributed by atoms with Gasteiger partial charge in [0.1, 0.15) is 4.75 Å². The molecule has 0 bridgehead atoms. The fourth-order valence-electron chi connectivity index (χ4n) is 1.97. The zero-order valence-electron chi connectivity index (χ0n) is 9.95. The van der Waals surface area contributed by atoms with Crippen molar-refractivity contribution in [3.05, 3.63) is 0 Å². The number of carboxylic acids is 1. The summed E-state index contributed by atoms with van der Waals surface area (Å²) in [6, 6.07) is 0. The maximum Gasteiger partial charge on any atom is 0.319 e. The van der Waals surface area contributed by atoms with Crippen molar-refractivity contribution in [3.8, 4) is 0 Å². The van der Waals surface area contributed by atoms with E-state index in [4.69, 9.17) is 0 Å².